The minimum Gasteiger partial charge on any atom is -0.379 e. The summed E-state index contributed by atoms with van der Waals surface area (Å²) in [5.74, 6) is 0. The number of halogens is 3. The zero-order valence-corrected chi connectivity index (χ0v) is 6.99. The lowest BCUT2D eigenvalue weighted by Crippen LogP contribution is -2.13. The molecule has 12 heavy (non-hydrogen) atoms. The van der Waals surface area contributed by atoms with Gasteiger partial charge in [0.15, 0.2) is 0 Å². The maximum absolute atomic E-state index is 11.5. The molecule has 0 spiro atoms. The highest BCUT2D eigenvalue weighted by Crippen LogP contribution is 2.18. The molecule has 0 radical (unpaired) electrons. The molecule has 0 aliphatic heterocycles. The van der Waals surface area contributed by atoms with Gasteiger partial charge in [-0.1, -0.05) is 0 Å². The van der Waals surface area contributed by atoms with Gasteiger partial charge in [-0.05, 0) is 6.92 Å². The third kappa shape index (κ3) is 9.71. The monoisotopic (exact) mass is 186 g/mol. The summed E-state index contributed by atoms with van der Waals surface area (Å²) in [6.07, 6.45) is -5.01. The van der Waals surface area contributed by atoms with Gasteiger partial charge < -0.3 is 9.47 Å². The van der Waals surface area contributed by atoms with Gasteiger partial charge in [-0.25, -0.2) is 0 Å². The first kappa shape index (κ1) is 11.7. The summed E-state index contributed by atoms with van der Waals surface area (Å²) in [5.41, 5.74) is 0. The Bertz CT molecular complexity index is 103. The van der Waals surface area contributed by atoms with Crippen molar-refractivity contribution < 1.29 is 22.6 Å². The van der Waals surface area contributed by atoms with Gasteiger partial charge in [-0.2, -0.15) is 13.2 Å². The standard InChI is InChI=1S/C7H13F3O2/c1-2-11-5-6-12-4-3-7(8,9)10/h2-6H2,1H3. The van der Waals surface area contributed by atoms with E-state index in [0.29, 0.717) is 13.2 Å². The second kappa shape index (κ2) is 6.25. The minimum absolute atomic E-state index is 0.226. The van der Waals surface area contributed by atoms with E-state index in [1.54, 1.807) is 0 Å². The molecule has 0 aliphatic rings. The van der Waals surface area contributed by atoms with E-state index in [2.05, 4.69) is 4.74 Å². The summed E-state index contributed by atoms with van der Waals surface area (Å²) in [4.78, 5) is 0. The molecule has 74 valence electrons. The molecule has 0 saturated heterocycles. The lowest BCUT2D eigenvalue weighted by molar-refractivity contribution is -0.146. The first-order valence-electron chi connectivity index (χ1n) is 3.78. The number of alkyl halides is 3. The Labute approximate surface area is 69.7 Å². The van der Waals surface area contributed by atoms with Crippen LogP contribution in [0.4, 0.5) is 13.2 Å². The molecular weight excluding hydrogens is 173 g/mol. The Morgan fingerprint density at radius 3 is 2.08 bits per heavy atom. The number of hydrogen-bond donors (Lipinski definition) is 0. The Balaban J connectivity index is 3.01. The summed E-state index contributed by atoms with van der Waals surface area (Å²) in [7, 11) is 0. The van der Waals surface area contributed by atoms with Crippen LogP contribution in [0.2, 0.25) is 0 Å². The molecule has 0 rings (SSSR count). The van der Waals surface area contributed by atoms with Gasteiger partial charge in [-0.3, -0.25) is 0 Å². The lowest BCUT2D eigenvalue weighted by atomic mass is 10.4. The van der Waals surface area contributed by atoms with E-state index in [1.807, 2.05) is 6.92 Å². The van der Waals surface area contributed by atoms with Gasteiger partial charge in [0.05, 0.1) is 26.2 Å². The molecule has 0 N–H and O–H groups in total. The van der Waals surface area contributed by atoms with Crippen molar-refractivity contribution in [1.29, 1.82) is 0 Å². The number of ether oxygens (including phenoxy) is 2. The van der Waals surface area contributed by atoms with Crippen LogP contribution in [0.25, 0.3) is 0 Å². The molecular formula is C7H13F3O2. The number of rotatable bonds is 6. The van der Waals surface area contributed by atoms with Crippen LogP contribution in [0.5, 0.6) is 0 Å². The molecule has 0 atom stereocenters. The van der Waals surface area contributed by atoms with Crippen LogP contribution in [0.1, 0.15) is 13.3 Å². The Kier molecular flexibility index (Phi) is 6.10. The van der Waals surface area contributed by atoms with Crippen LogP contribution in [-0.4, -0.2) is 32.6 Å². The van der Waals surface area contributed by atoms with E-state index in [4.69, 9.17) is 4.74 Å². The van der Waals surface area contributed by atoms with Crippen molar-refractivity contribution >= 4 is 0 Å². The summed E-state index contributed by atoms with van der Waals surface area (Å²) in [6, 6.07) is 0. The normalized spacial score (nSPS) is 12.0. The molecule has 0 amide bonds. The molecule has 0 aromatic rings. The Hall–Kier alpha value is -0.290. The summed E-state index contributed by atoms with van der Waals surface area (Å²) < 4.78 is 44.1. The van der Waals surface area contributed by atoms with Crippen LogP contribution in [0.3, 0.4) is 0 Å². The van der Waals surface area contributed by atoms with E-state index in [0.717, 1.165) is 0 Å². The SMILES string of the molecule is CCOCCOCCC(F)(F)F. The third-order valence-electron chi connectivity index (χ3n) is 1.11. The zero-order valence-electron chi connectivity index (χ0n) is 6.99. The third-order valence-corrected chi connectivity index (χ3v) is 1.11. The maximum atomic E-state index is 11.5. The van der Waals surface area contributed by atoms with Crippen molar-refractivity contribution in [3.63, 3.8) is 0 Å². The molecule has 0 heterocycles. The molecule has 0 bridgehead atoms. The predicted molar refractivity (Wildman–Crippen MR) is 38.0 cm³/mol. The van der Waals surface area contributed by atoms with Crippen molar-refractivity contribution in [2.24, 2.45) is 0 Å². The zero-order chi connectivity index (χ0) is 9.45. The van der Waals surface area contributed by atoms with Crippen molar-refractivity contribution in [2.75, 3.05) is 26.4 Å². The van der Waals surface area contributed by atoms with Gasteiger partial charge in [0.1, 0.15) is 0 Å². The Morgan fingerprint density at radius 1 is 1.00 bits per heavy atom. The van der Waals surface area contributed by atoms with E-state index in [1.165, 1.54) is 0 Å². The van der Waals surface area contributed by atoms with Crippen LogP contribution >= 0.6 is 0 Å². The van der Waals surface area contributed by atoms with E-state index >= 15 is 0 Å². The smallest absolute Gasteiger partial charge is 0.379 e. The first-order valence-corrected chi connectivity index (χ1v) is 3.78. The van der Waals surface area contributed by atoms with Crippen LogP contribution in [0.15, 0.2) is 0 Å². The van der Waals surface area contributed by atoms with Gasteiger partial charge in [-0.15, -0.1) is 0 Å². The summed E-state index contributed by atoms with van der Waals surface area (Å²) in [5, 5.41) is 0. The lowest BCUT2D eigenvalue weighted by Gasteiger charge is -2.06. The second-order valence-electron chi connectivity index (χ2n) is 2.17. The molecule has 5 heteroatoms. The van der Waals surface area contributed by atoms with Crippen LogP contribution in [-0.2, 0) is 9.47 Å². The molecule has 2 nitrogen and oxygen atoms in total. The fourth-order valence-corrected chi connectivity index (χ4v) is 0.552. The predicted octanol–water partition coefficient (Wildman–Crippen LogP) is 1.99. The van der Waals surface area contributed by atoms with Crippen molar-refractivity contribution in [2.45, 2.75) is 19.5 Å². The van der Waals surface area contributed by atoms with Gasteiger partial charge >= 0.3 is 6.18 Å². The highest BCUT2D eigenvalue weighted by molar-refractivity contribution is 4.47. The number of hydrogen-bond acceptors (Lipinski definition) is 2. The minimum atomic E-state index is -4.12. The highest BCUT2D eigenvalue weighted by atomic mass is 19.4. The van der Waals surface area contributed by atoms with Gasteiger partial charge in [0.2, 0.25) is 0 Å². The molecule has 0 saturated carbocycles. The molecule has 0 unspecified atom stereocenters. The fourth-order valence-electron chi connectivity index (χ4n) is 0.552. The first-order chi connectivity index (χ1) is 5.56. The average Bonchev–Trinajstić information content (AvgIpc) is 1.94. The summed E-state index contributed by atoms with van der Waals surface area (Å²) >= 11 is 0. The van der Waals surface area contributed by atoms with Gasteiger partial charge in [0.25, 0.3) is 0 Å². The van der Waals surface area contributed by atoms with Crippen LogP contribution in [0, 0.1) is 0 Å². The fraction of sp³-hybridized carbons (Fsp3) is 1.00. The molecule has 0 fully saturated rings. The van der Waals surface area contributed by atoms with E-state index in [9.17, 15) is 13.2 Å². The van der Waals surface area contributed by atoms with Crippen molar-refractivity contribution in [1.82, 2.24) is 0 Å². The average molecular weight is 186 g/mol. The largest absolute Gasteiger partial charge is 0.391 e. The van der Waals surface area contributed by atoms with E-state index < -0.39 is 12.6 Å². The maximum Gasteiger partial charge on any atom is 0.391 e. The van der Waals surface area contributed by atoms with Crippen LogP contribution < -0.4 is 0 Å². The molecule has 0 aliphatic carbocycles. The highest BCUT2D eigenvalue weighted by Gasteiger charge is 2.26. The topological polar surface area (TPSA) is 18.5 Å². The Morgan fingerprint density at radius 2 is 1.58 bits per heavy atom. The van der Waals surface area contributed by atoms with E-state index in [-0.39, 0.29) is 13.2 Å². The molecule has 0 aromatic carbocycles. The summed E-state index contributed by atoms with van der Waals surface area (Å²) in [6.45, 7) is 2.67. The quantitative estimate of drug-likeness (QED) is 0.590. The van der Waals surface area contributed by atoms with Crippen molar-refractivity contribution in [3.8, 4) is 0 Å². The van der Waals surface area contributed by atoms with Gasteiger partial charge in [0, 0.05) is 6.61 Å². The second-order valence-corrected chi connectivity index (χ2v) is 2.17. The van der Waals surface area contributed by atoms with Crippen molar-refractivity contribution in [3.05, 3.63) is 0 Å². The molecule has 0 aromatic heterocycles.